The van der Waals surface area contributed by atoms with E-state index in [0.29, 0.717) is 5.75 Å². The average molecular weight is 252 g/mol. The molecule has 4 heteroatoms. The second-order valence-corrected chi connectivity index (χ2v) is 4.73. The van der Waals surface area contributed by atoms with Crippen LogP contribution in [0, 0.1) is 12.7 Å². The maximum atomic E-state index is 13.5. The molecule has 0 amide bonds. The first kappa shape index (κ1) is 13.3. The summed E-state index contributed by atoms with van der Waals surface area (Å²) in [7, 11) is 1.59. The number of benzene rings is 1. The van der Waals surface area contributed by atoms with E-state index in [1.165, 1.54) is 6.07 Å². The van der Waals surface area contributed by atoms with Crippen LogP contribution in [0.4, 0.5) is 4.39 Å². The summed E-state index contributed by atoms with van der Waals surface area (Å²) >= 11 is 0. The van der Waals surface area contributed by atoms with Crippen LogP contribution < -0.4 is 10.1 Å². The molecule has 18 heavy (non-hydrogen) atoms. The first-order valence-corrected chi connectivity index (χ1v) is 6.47. The normalized spacial score (nSPS) is 16.8. The minimum Gasteiger partial charge on any atom is -0.496 e. The SMILES string of the molecule is COc1cc(F)cc(CCN2CCNCC2)c1C. The molecule has 2 rings (SSSR count). The summed E-state index contributed by atoms with van der Waals surface area (Å²) < 4.78 is 18.7. The first-order chi connectivity index (χ1) is 8.70. The molecule has 0 radical (unpaired) electrons. The molecule has 0 saturated carbocycles. The lowest BCUT2D eigenvalue weighted by Crippen LogP contribution is -2.44. The molecule has 3 nitrogen and oxygen atoms in total. The number of nitrogens with zero attached hydrogens (tertiary/aromatic N) is 1. The van der Waals surface area contributed by atoms with Crippen molar-refractivity contribution in [3.63, 3.8) is 0 Å². The molecule has 1 aliphatic heterocycles. The van der Waals surface area contributed by atoms with E-state index in [1.807, 2.05) is 6.92 Å². The third kappa shape index (κ3) is 3.21. The molecule has 1 fully saturated rings. The Bertz CT molecular complexity index is 403. The van der Waals surface area contributed by atoms with Gasteiger partial charge in [-0.15, -0.1) is 0 Å². The summed E-state index contributed by atoms with van der Waals surface area (Å²) in [5.74, 6) is 0.429. The molecule has 1 aromatic rings. The highest BCUT2D eigenvalue weighted by Crippen LogP contribution is 2.23. The van der Waals surface area contributed by atoms with Gasteiger partial charge in [0, 0.05) is 38.8 Å². The summed E-state index contributed by atoms with van der Waals surface area (Å²) in [5.41, 5.74) is 2.10. The van der Waals surface area contributed by atoms with E-state index in [1.54, 1.807) is 13.2 Å². The van der Waals surface area contributed by atoms with Gasteiger partial charge in [-0.25, -0.2) is 4.39 Å². The zero-order valence-electron chi connectivity index (χ0n) is 11.1. The van der Waals surface area contributed by atoms with Crippen molar-refractivity contribution in [2.75, 3.05) is 39.8 Å². The molecule has 1 aliphatic rings. The monoisotopic (exact) mass is 252 g/mol. The molecule has 100 valence electrons. The van der Waals surface area contributed by atoms with Crippen molar-refractivity contribution in [1.29, 1.82) is 0 Å². The number of nitrogens with one attached hydrogen (secondary N) is 1. The largest absolute Gasteiger partial charge is 0.496 e. The standard InChI is InChI=1S/C14H21FN2O/c1-11-12(9-13(15)10-14(11)18-2)3-6-17-7-4-16-5-8-17/h9-10,16H,3-8H2,1-2H3. The van der Waals surface area contributed by atoms with E-state index < -0.39 is 0 Å². The van der Waals surface area contributed by atoms with E-state index in [0.717, 1.165) is 50.3 Å². The lowest BCUT2D eigenvalue weighted by atomic mass is 10.0. The molecule has 1 N–H and O–H groups in total. The smallest absolute Gasteiger partial charge is 0.127 e. The fraction of sp³-hybridized carbons (Fsp3) is 0.571. The molecule has 0 bridgehead atoms. The van der Waals surface area contributed by atoms with Gasteiger partial charge >= 0.3 is 0 Å². The molecule has 1 aromatic carbocycles. The van der Waals surface area contributed by atoms with E-state index in [9.17, 15) is 4.39 Å². The third-order valence-electron chi connectivity index (χ3n) is 3.56. The van der Waals surface area contributed by atoms with Gasteiger partial charge in [0.2, 0.25) is 0 Å². The maximum Gasteiger partial charge on any atom is 0.127 e. The van der Waals surface area contributed by atoms with Gasteiger partial charge in [0.25, 0.3) is 0 Å². The van der Waals surface area contributed by atoms with E-state index >= 15 is 0 Å². The summed E-state index contributed by atoms with van der Waals surface area (Å²) in [6, 6.07) is 3.07. The second kappa shape index (κ2) is 6.16. The van der Waals surface area contributed by atoms with Gasteiger partial charge in [0.1, 0.15) is 11.6 Å². The van der Waals surface area contributed by atoms with Crippen molar-refractivity contribution >= 4 is 0 Å². The van der Waals surface area contributed by atoms with Gasteiger partial charge in [-0.05, 0) is 30.5 Å². The van der Waals surface area contributed by atoms with Crippen molar-refractivity contribution in [3.8, 4) is 5.75 Å². The summed E-state index contributed by atoms with van der Waals surface area (Å²) in [6.45, 7) is 7.22. The lowest BCUT2D eigenvalue weighted by molar-refractivity contribution is 0.243. The van der Waals surface area contributed by atoms with Crippen molar-refractivity contribution in [3.05, 3.63) is 29.1 Å². The summed E-state index contributed by atoms with van der Waals surface area (Å²) in [5, 5.41) is 3.33. The van der Waals surface area contributed by atoms with E-state index in [-0.39, 0.29) is 5.82 Å². The molecular weight excluding hydrogens is 231 g/mol. The van der Waals surface area contributed by atoms with Crippen LogP contribution in [0.5, 0.6) is 5.75 Å². The summed E-state index contributed by atoms with van der Waals surface area (Å²) in [4.78, 5) is 2.41. The van der Waals surface area contributed by atoms with Crippen LogP contribution in [0.1, 0.15) is 11.1 Å². The first-order valence-electron chi connectivity index (χ1n) is 6.47. The Morgan fingerprint density at radius 1 is 1.33 bits per heavy atom. The number of hydrogen-bond donors (Lipinski definition) is 1. The number of halogens is 1. The predicted molar refractivity (Wildman–Crippen MR) is 70.7 cm³/mol. The maximum absolute atomic E-state index is 13.5. The Morgan fingerprint density at radius 2 is 2.06 bits per heavy atom. The Kier molecular flexibility index (Phi) is 4.55. The lowest BCUT2D eigenvalue weighted by Gasteiger charge is -2.27. The molecule has 1 heterocycles. The zero-order valence-corrected chi connectivity index (χ0v) is 11.1. The van der Waals surface area contributed by atoms with Gasteiger partial charge in [-0.3, -0.25) is 0 Å². The van der Waals surface area contributed by atoms with Gasteiger partial charge < -0.3 is 15.0 Å². The zero-order chi connectivity index (χ0) is 13.0. The second-order valence-electron chi connectivity index (χ2n) is 4.73. The molecule has 0 aliphatic carbocycles. The number of piperazine rings is 1. The van der Waals surface area contributed by atoms with Crippen LogP contribution in [0.3, 0.4) is 0 Å². The van der Waals surface area contributed by atoms with Crippen LogP contribution in [-0.2, 0) is 6.42 Å². The summed E-state index contributed by atoms with van der Waals surface area (Å²) in [6.07, 6.45) is 0.875. The van der Waals surface area contributed by atoms with E-state index in [2.05, 4.69) is 10.2 Å². The number of methoxy groups -OCH3 is 1. The van der Waals surface area contributed by atoms with Crippen LogP contribution in [0.2, 0.25) is 0 Å². The highest BCUT2D eigenvalue weighted by Gasteiger charge is 2.12. The fourth-order valence-corrected chi connectivity index (χ4v) is 2.39. The van der Waals surface area contributed by atoms with Gasteiger partial charge in [0.15, 0.2) is 0 Å². The third-order valence-corrected chi connectivity index (χ3v) is 3.56. The van der Waals surface area contributed by atoms with Crippen LogP contribution >= 0.6 is 0 Å². The van der Waals surface area contributed by atoms with Crippen molar-refractivity contribution in [1.82, 2.24) is 10.2 Å². The van der Waals surface area contributed by atoms with E-state index in [4.69, 9.17) is 4.74 Å². The van der Waals surface area contributed by atoms with Crippen molar-refractivity contribution in [2.45, 2.75) is 13.3 Å². The minimum atomic E-state index is -0.215. The Labute approximate surface area is 108 Å². The van der Waals surface area contributed by atoms with Crippen LogP contribution in [0.25, 0.3) is 0 Å². The Hall–Kier alpha value is -1.13. The predicted octanol–water partition coefficient (Wildman–Crippen LogP) is 1.59. The Morgan fingerprint density at radius 3 is 2.72 bits per heavy atom. The molecule has 1 saturated heterocycles. The highest BCUT2D eigenvalue weighted by molar-refractivity contribution is 5.40. The number of ether oxygens (including phenoxy) is 1. The number of rotatable bonds is 4. The minimum absolute atomic E-state index is 0.215. The van der Waals surface area contributed by atoms with Crippen molar-refractivity contribution < 1.29 is 9.13 Å². The van der Waals surface area contributed by atoms with Crippen LogP contribution in [0.15, 0.2) is 12.1 Å². The fourth-order valence-electron chi connectivity index (χ4n) is 2.39. The Balaban J connectivity index is 2.01. The molecule has 0 unspecified atom stereocenters. The molecule has 0 spiro atoms. The van der Waals surface area contributed by atoms with Crippen molar-refractivity contribution in [2.24, 2.45) is 0 Å². The number of hydrogen-bond acceptors (Lipinski definition) is 3. The molecule has 0 aromatic heterocycles. The highest BCUT2D eigenvalue weighted by atomic mass is 19.1. The van der Waals surface area contributed by atoms with Gasteiger partial charge in [0.05, 0.1) is 7.11 Å². The molecular formula is C14H21FN2O. The topological polar surface area (TPSA) is 24.5 Å². The average Bonchev–Trinajstić information content (AvgIpc) is 2.40. The van der Waals surface area contributed by atoms with Crippen LogP contribution in [-0.4, -0.2) is 44.7 Å². The quantitative estimate of drug-likeness (QED) is 0.880. The van der Waals surface area contributed by atoms with Gasteiger partial charge in [-0.1, -0.05) is 0 Å². The molecule has 0 atom stereocenters. The van der Waals surface area contributed by atoms with Gasteiger partial charge in [-0.2, -0.15) is 0 Å².